The molecule has 0 aliphatic rings. The lowest BCUT2D eigenvalue weighted by Gasteiger charge is -2.11. The molecule has 0 fully saturated rings. The van der Waals surface area contributed by atoms with E-state index in [1.807, 2.05) is 54.6 Å². The van der Waals surface area contributed by atoms with Crippen LogP contribution in [0.2, 0.25) is 0 Å². The van der Waals surface area contributed by atoms with Gasteiger partial charge in [0.05, 0.1) is 5.75 Å². The van der Waals surface area contributed by atoms with Gasteiger partial charge in [0, 0.05) is 10.6 Å². The van der Waals surface area contributed by atoms with Gasteiger partial charge in [0.25, 0.3) is 0 Å². The maximum absolute atomic E-state index is 13.2. The maximum Gasteiger partial charge on any atom is 0.234 e. The van der Waals surface area contributed by atoms with Gasteiger partial charge in [-0.3, -0.25) is 4.79 Å². The summed E-state index contributed by atoms with van der Waals surface area (Å²) >= 11 is 1.16. The monoisotopic (exact) mass is 369 g/mol. The molecule has 0 bridgehead atoms. The number of hydrogen-bond donors (Lipinski definition) is 1. The number of benzene rings is 3. The first-order valence-corrected chi connectivity index (χ1v) is 9.10. The van der Waals surface area contributed by atoms with Crippen LogP contribution in [0.15, 0.2) is 77.7 Å². The highest BCUT2D eigenvalue weighted by molar-refractivity contribution is 8.00. The molecule has 3 rings (SSSR count). The molecule has 0 unspecified atom stereocenters. The number of carbonyl (C=O) groups excluding carboxylic acids is 1. The number of nitrogens with one attached hydrogen (secondary N) is 1. The standard InChI is InChI=1S/C21H17F2NOS/c22-18-11-10-17(13-19(18)23)26-14-21(25)24-20-9-5-4-8-16(20)12-15-6-2-1-3-7-15/h1-11,13H,12,14H2,(H,24,25). The molecule has 26 heavy (non-hydrogen) atoms. The van der Waals surface area contributed by atoms with Gasteiger partial charge >= 0.3 is 0 Å². The van der Waals surface area contributed by atoms with Gasteiger partial charge < -0.3 is 5.32 Å². The fraction of sp³-hybridized carbons (Fsp3) is 0.0952. The number of thioether (sulfide) groups is 1. The van der Waals surface area contributed by atoms with E-state index in [2.05, 4.69) is 5.32 Å². The van der Waals surface area contributed by atoms with Crippen LogP contribution in [0.1, 0.15) is 11.1 Å². The van der Waals surface area contributed by atoms with Crippen molar-refractivity contribution in [1.29, 1.82) is 0 Å². The van der Waals surface area contributed by atoms with Crippen molar-refractivity contribution in [1.82, 2.24) is 0 Å². The van der Waals surface area contributed by atoms with Crippen LogP contribution in [0.25, 0.3) is 0 Å². The number of anilines is 1. The van der Waals surface area contributed by atoms with Crippen molar-refractivity contribution in [3.05, 3.63) is 95.6 Å². The van der Waals surface area contributed by atoms with E-state index in [1.54, 1.807) is 0 Å². The van der Waals surface area contributed by atoms with Crippen LogP contribution in [0.3, 0.4) is 0 Å². The maximum atomic E-state index is 13.2. The summed E-state index contributed by atoms with van der Waals surface area (Å²) in [5.41, 5.74) is 2.93. The van der Waals surface area contributed by atoms with E-state index < -0.39 is 11.6 Å². The Morgan fingerprint density at radius 1 is 0.885 bits per heavy atom. The molecule has 2 nitrogen and oxygen atoms in total. The average molecular weight is 369 g/mol. The summed E-state index contributed by atoms with van der Waals surface area (Å²) in [5, 5.41) is 2.90. The molecule has 1 N–H and O–H groups in total. The Balaban J connectivity index is 1.63. The van der Waals surface area contributed by atoms with Crippen molar-refractivity contribution in [2.24, 2.45) is 0 Å². The van der Waals surface area contributed by atoms with Crippen LogP contribution >= 0.6 is 11.8 Å². The first-order chi connectivity index (χ1) is 12.6. The molecule has 0 aromatic heterocycles. The minimum absolute atomic E-state index is 0.116. The van der Waals surface area contributed by atoms with Gasteiger partial charge in [0.2, 0.25) is 5.91 Å². The number of halogens is 2. The zero-order chi connectivity index (χ0) is 18.4. The minimum atomic E-state index is -0.913. The summed E-state index contributed by atoms with van der Waals surface area (Å²) in [4.78, 5) is 12.8. The third-order valence-electron chi connectivity index (χ3n) is 3.79. The highest BCUT2D eigenvalue weighted by atomic mass is 32.2. The van der Waals surface area contributed by atoms with Crippen molar-refractivity contribution >= 4 is 23.4 Å². The summed E-state index contributed by atoms with van der Waals surface area (Å²) in [6, 6.07) is 21.3. The molecule has 0 aliphatic carbocycles. The Morgan fingerprint density at radius 2 is 1.62 bits per heavy atom. The van der Waals surface area contributed by atoms with Gasteiger partial charge in [-0.15, -0.1) is 11.8 Å². The SMILES string of the molecule is O=C(CSc1ccc(F)c(F)c1)Nc1ccccc1Cc1ccccc1. The molecule has 0 atom stereocenters. The lowest BCUT2D eigenvalue weighted by atomic mass is 10.0. The van der Waals surface area contributed by atoms with E-state index in [1.165, 1.54) is 6.07 Å². The van der Waals surface area contributed by atoms with Crippen LogP contribution < -0.4 is 5.32 Å². The quantitative estimate of drug-likeness (QED) is 0.599. The molecule has 0 saturated carbocycles. The average Bonchev–Trinajstić information content (AvgIpc) is 2.65. The smallest absolute Gasteiger partial charge is 0.234 e. The first kappa shape index (κ1) is 18.1. The van der Waals surface area contributed by atoms with Crippen LogP contribution in [-0.2, 0) is 11.2 Å². The second-order valence-electron chi connectivity index (χ2n) is 5.73. The number of para-hydroxylation sites is 1. The van der Waals surface area contributed by atoms with Crippen LogP contribution in [0.5, 0.6) is 0 Å². The summed E-state index contributed by atoms with van der Waals surface area (Å²) in [7, 11) is 0. The number of hydrogen-bond acceptors (Lipinski definition) is 2. The number of rotatable bonds is 6. The zero-order valence-corrected chi connectivity index (χ0v) is 14.7. The second kappa shape index (κ2) is 8.63. The lowest BCUT2D eigenvalue weighted by molar-refractivity contribution is -0.113. The van der Waals surface area contributed by atoms with Crippen LogP contribution in [-0.4, -0.2) is 11.7 Å². The van der Waals surface area contributed by atoms with Crippen molar-refractivity contribution in [2.45, 2.75) is 11.3 Å². The minimum Gasteiger partial charge on any atom is -0.325 e. The molecule has 0 saturated heterocycles. The summed E-state index contributed by atoms with van der Waals surface area (Å²) in [6.45, 7) is 0. The predicted molar refractivity (Wildman–Crippen MR) is 101 cm³/mol. The van der Waals surface area contributed by atoms with E-state index in [-0.39, 0.29) is 11.7 Å². The molecule has 0 heterocycles. The third-order valence-corrected chi connectivity index (χ3v) is 4.78. The Bertz CT molecular complexity index is 900. The summed E-state index contributed by atoms with van der Waals surface area (Å²) < 4.78 is 26.2. The lowest BCUT2D eigenvalue weighted by Crippen LogP contribution is -2.15. The molecule has 5 heteroatoms. The van der Waals surface area contributed by atoms with Crippen molar-refractivity contribution in [3.8, 4) is 0 Å². The highest BCUT2D eigenvalue weighted by Gasteiger charge is 2.09. The third kappa shape index (κ3) is 4.92. The van der Waals surface area contributed by atoms with Gasteiger partial charge in [0.15, 0.2) is 11.6 Å². The van der Waals surface area contributed by atoms with E-state index in [0.717, 1.165) is 40.7 Å². The Kier molecular flexibility index (Phi) is 6.02. The fourth-order valence-corrected chi connectivity index (χ4v) is 3.23. The molecular weight excluding hydrogens is 352 g/mol. The molecule has 1 amide bonds. The van der Waals surface area contributed by atoms with Gasteiger partial charge in [-0.1, -0.05) is 48.5 Å². The zero-order valence-electron chi connectivity index (χ0n) is 13.9. The van der Waals surface area contributed by atoms with Gasteiger partial charge in [-0.2, -0.15) is 0 Å². The van der Waals surface area contributed by atoms with Gasteiger partial charge in [-0.05, 0) is 41.8 Å². The normalized spacial score (nSPS) is 10.5. The Labute approximate surface area is 155 Å². The van der Waals surface area contributed by atoms with Crippen LogP contribution in [0, 0.1) is 11.6 Å². The summed E-state index contributed by atoms with van der Waals surface area (Å²) in [6.07, 6.45) is 0.716. The van der Waals surface area contributed by atoms with E-state index >= 15 is 0 Å². The fourth-order valence-electron chi connectivity index (χ4n) is 2.51. The molecule has 0 radical (unpaired) electrons. The Hall–Kier alpha value is -2.66. The van der Waals surface area contributed by atoms with E-state index in [0.29, 0.717) is 11.3 Å². The largest absolute Gasteiger partial charge is 0.325 e. The van der Waals surface area contributed by atoms with Gasteiger partial charge in [-0.25, -0.2) is 8.78 Å². The van der Waals surface area contributed by atoms with E-state index in [4.69, 9.17) is 0 Å². The van der Waals surface area contributed by atoms with E-state index in [9.17, 15) is 13.6 Å². The second-order valence-corrected chi connectivity index (χ2v) is 6.78. The summed E-state index contributed by atoms with van der Waals surface area (Å²) in [5.74, 6) is -1.89. The molecule has 3 aromatic carbocycles. The number of amides is 1. The topological polar surface area (TPSA) is 29.1 Å². The molecule has 132 valence electrons. The van der Waals surface area contributed by atoms with Crippen molar-refractivity contribution in [3.63, 3.8) is 0 Å². The first-order valence-electron chi connectivity index (χ1n) is 8.11. The Morgan fingerprint density at radius 3 is 2.38 bits per heavy atom. The van der Waals surface area contributed by atoms with Gasteiger partial charge in [0.1, 0.15) is 0 Å². The van der Waals surface area contributed by atoms with Crippen molar-refractivity contribution < 1.29 is 13.6 Å². The molecule has 0 aliphatic heterocycles. The predicted octanol–water partition coefficient (Wildman–Crippen LogP) is 5.29. The molecule has 0 spiro atoms. The molecule has 3 aromatic rings. The number of carbonyl (C=O) groups is 1. The molecular formula is C21H17F2NOS. The van der Waals surface area contributed by atoms with Crippen LogP contribution in [0.4, 0.5) is 14.5 Å². The van der Waals surface area contributed by atoms with Crippen molar-refractivity contribution in [2.75, 3.05) is 11.1 Å². The highest BCUT2D eigenvalue weighted by Crippen LogP contribution is 2.22.